The zero-order valence-electron chi connectivity index (χ0n) is 15.6. The summed E-state index contributed by atoms with van der Waals surface area (Å²) in [5.74, 6) is 0. The topological polar surface area (TPSA) is 26.7 Å². The number of hydrogen-bond acceptors (Lipinski definition) is 3. The molecule has 2 aromatic carbocycles. The standard InChI is InChI=1S/C23H30N2O/c26-16-8-2-1-7-13-24-14-15-25-22-12-6-4-10-20(22)17-19-9-3-5-11-21(19)23(25)18-24/h3-6,9-12,23,26H,1-2,7-8,13-18H2. The molecule has 3 nitrogen and oxygen atoms in total. The summed E-state index contributed by atoms with van der Waals surface area (Å²) >= 11 is 0. The number of piperazine rings is 1. The minimum absolute atomic E-state index is 0.330. The molecule has 3 heteroatoms. The lowest BCUT2D eigenvalue weighted by Gasteiger charge is -2.43. The molecule has 2 aliphatic heterocycles. The van der Waals surface area contributed by atoms with Crippen LogP contribution in [0.15, 0.2) is 48.5 Å². The SMILES string of the molecule is OCCCCCCN1CCN2c3ccccc3Cc3ccccc3C2C1. The van der Waals surface area contributed by atoms with Gasteiger partial charge in [0.05, 0.1) is 6.04 Å². The quantitative estimate of drug-likeness (QED) is 0.798. The van der Waals surface area contributed by atoms with Crippen molar-refractivity contribution in [2.45, 2.75) is 38.1 Å². The summed E-state index contributed by atoms with van der Waals surface area (Å²) in [5.41, 5.74) is 5.88. The Morgan fingerprint density at radius 3 is 2.50 bits per heavy atom. The number of anilines is 1. The van der Waals surface area contributed by atoms with E-state index < -0.39 is 0 Å². The second kappa shape index (κ2) is 8.24. The largest absolute Gasteiger partial charge is 0.396 e. The summed E-state index contributed by atoms with van der Waals surface area (Å²) < 4.78 is 0. The molecular weight excluding hydrogens is 320 g/mol. The molecule has 0 aromatic heterocycles. The van der Waals surface area contributed by atoms with Gasteiger partial charge in [0.2, 0.25) is 0 Å². The van der Waals surface area contributed by atoms with E-state index in [2.05, 4.69) is 58.3 Å². The Bertz CT molecular complexity index is 730. The van der Waals surface area contributed by atoms with Crippen LogP contribution in [0.5, 0.6) is 0 Å². The number of unbranched alkanes of at least 4 members (excludes halogenated alkanes) is 3. The van der Waals surface area contributed by atoms with Gasteiger partial charge in [-0.25, -0.2) is 0 Å². The van der Waals surface area contributed by atoms with Crippen LogP contribution in [-0.2, 0) is 6.42 Å². The van der Waals surface area contributed by atoms with Crippen molar-refractivity contribution in [3.05, 3.63) is 65.2 Å². The van der Waals surface area contributed by atoms with Crippen molar-refractivity contribution in [3.63, 3.8) is 0 Å². The van der Waals surface area contributed by atoms with E-state index in [0.29, 0.717) is 12.6 Å². The van der Waals surface area contributed by atoms with Crippen molar-refractivity contribution in [1.29, 1.82) is 0 Å². The van der Waals surface area contributed by atoms with Gasteiger partial charge in [0.25, 0.3) is 0 Å². The fraction of sp³-hybridized carbons (Fsp3) is 0.478. The third-order valence-electron chi connectivity index (χ3n) is 5.94. The zero-order valence-corrected chi connectivity index (χ0v) is 15.6. The molecule has 1 atom stereocenters. The molecule has 1 unspecified atom stereocenters. The summed E-state index contributed by atoms with van der Waals surface area (Å²) in [4.78, 5) is 5.29. The van der Waals surface area contributed by atoms with E-state index in [1.54, 1.807) is 0 Å². The van der Waals surface area contributed by atoms with Gasteiger partial charge in [-0.1, -0.05) is 55.3 Å². The molecular formula is C23H30N2O. The second-order valence-electron chi connectivity index (χ2n) is 7.65. The van der Waals surface area contributed by atoms with E-state index in [9.17, 15) is 0 Å². The first-order chi connectivity index (χ1) is 12.9. The summed E-state index contributed by atoms with van der Waals surface area (Å²) in [7, 11) is 0. The molecule has 138 valence electrons. The Hall–Kier alpha value is -1.84. The molecule has 1 saturated heterocycles. The van der Waals surface area contributed by atoms with Crippen LogP contribution in [0.25, 0.3) is 0 Å². The average molecular weight is 351 g/mol. The van der Waals surface area contributed by atoms with Gasteiger partial charge in [0, 0.05) is 31.9 Å². The molecule has 2 aliphatic rings. The fourth-order valence-electron chi connectivity index (χ4n) is 4.56. The van der Waals surface area contributed by atoms with E-state index in [4.69, 9.17) is 5.11 Å². The highest BCUT2D eigenvalue weighted by atomic mass is 16.2. The van der Waals surface area contributed by atoms with Crippen molar-refractivity contribution in [1.82, 2.24) is 4.90 Å². The minimum atomic E-state index is 0.330. The van der Waals surface area contributed by atoms with E-state index >= 15 is 0 Å². The first-order valence-corrected chi connectivity index (χ1v) is 10.1. The van der Waals surface area contributed by atoms with Crippen LogP contribution in [0.1, 0.15) is 48.4 Å². The molecule has 0 radical (unpaired) electrons. The van der Waals surface area contributed by atoms with Gasteiger partial charge in [-0.3, -0.25) is 4.90 Å². The highest BCUT2D eigenvalue weighted by Crippen LogP contribution is 2.39. The van der Waals surface area contributed by atoms with E-state index in [1.165, 1.54) is 41.8 Å². The number of nitrogens with zero attached hydrogens (tertiary/aromatic N) is 2. The average Bonchev–Trinajstić information content (AvgIpc) is 2.82. The minimum Gasteiger partial charge on any atom is -0.396 e. The van der Waals surface area contributed by atoms with Gasteiger partial charge in [-0.15, -0.1) is 0 Å². The van der Waals surface area contributed by atoms with Crippen LogP contribution in [0.2, 0.25) is 0 Å². The molecule has 0 bridgehead atoms. The molecule has 0 spiro atoms. The first-order valence-electron chi connectivity index (χ1n) is 10.1. The Morgan fingerprint density at radius 1 is 0.846 bits per heavy atom. The van der Waals surface area contributed by atoms with E-state index in [1.807, 2.05) is 0 Å². The lowest BCUT2D eigenvalue weighted by molar-refractivity contribution is 0.217. The monoisotopic (exact) mass is 350 g/mol. The highest BCUT2D eigenvalue weighted by molar-refractivity contribution is 5.60. The number of hydrogen-bond donors (Lipinski definition) is 1. The molecule has 4 rings (SSSR count). The smallest absolute Gasteiger partial charge is 0.0672 e. The van der Waals surface area contributed by atoms with Gasteiger partial charge in [-0.05, 0) is 48.6 Å². The maximum Gasteiger partial charge on any atom is 0.0672 e. The van der Waals surface area contributed by atoms with Crippen LogP contribution in [-0.4, -0.2) is 42.8 Å². The van der Waals surface area contributed by atoms with Crippen LogP contribution in [0, 0.1) is 0 Å². The Kier molecular flexibility index (Phi) is 5.57. The summed E-state index contributed by atoms with van der Waals surface area (Å²) in [5, 5.41) is 8.93. The number of benzene rings is 2. The predicted molar refractivity (Wildman–Crippen MR) is 108 cm³/mol. The molecule has 2 aromatic rings. The molecule has 0 amide bonds. The lowest BCUT2D eigenvalue weighted by atomic mass is 9.96. The van der Waals surface area contributed by atoms with Gasteiger partial charge in [0.15, 0.2) is 0 Å². The molecule has 0 saturated carbocycles. The van der Waals surface area contributed by atoms with E-state index in [0.717, 1.165) is 38.9 Å². The molecule has 2 heterocycles. The van der Waals surface area contributed by atoms with Crippen molar-refractivity contribution in [2.24, 2.45) is 0 Å². The van der Waals surface area contributed by atoms with Crippen LogP contribution in [0.4, 0.5) is 5.69 Å². The number of aliphatic hydroxyl groups excluding tert-OH is 1. The second-order valence-corrected chi connectivity index (χ2v) is 7.65. The number of rotatable bonds is 6. The molecule has 0 aliphatic carbocycles. The summed E-state index contributed by atoms with van der Waals surface area (Å²) in [6.45, 7) is 4.88. The number of aliphatic hydroxyl groups is 1. The van der Waals surface area contributed by atoms with Crippen molar-refractivity contribution < 1.29 is 5.11 Å². The molecule has 26 heavy (non-hydrogen) atoms. The normalized spacial score (nSPS) is 19.4. The highest BCUT2D eigenvalue weighted by Gasteiger charge is 2.32. The number of fused-ring (bicyclic) bond motifs is 5. The van der Waals surface area contributed by atoms with Crippen molar-refractivity contribution >= 4 is 5.69 Å². The van der Waals surface area contributed by atoms with Crippen LogP contribution < -0.4 is 4.90 Å². The fourth-order valence-corrected chi connectivity index (χ4v) is 4.56. The van der Waals surface area contributed by atoms with Gasteiger partial charge >= 0.3 is 0 Å². The maximum atomic E-state index is 8.93. The Labute approximate surface area is 157 Å². The summed E-state index contributed by atoms with van der Waals surface area (Å²) in [6, 6.07) is 18.4. The van der Waals surface area contributed by atoms with E-state index in [-0.39, 0.29) is 0 Å². The van der Waals surface area contributed by atoms with Crippen molar-refractivity contribution in [3.8, 4) is 0 Å². The zero-order chi connectivity index (χ0) is 17.8. The third kappa shape index (κ3) is 3.65. The first kappa shape index (κ1) is 17.6. The van der Waals surface area contributed by atoms with Gasteiger partial charge < -0.3 is 10.0 Å². The van der Waals surface area contributed by atoms with Crippen LogP contribution in [0.3, 0.4) is 0 Å². The van der Waals surface area contributed by atoms with Crippen molar-refractivity contribution in [2.75, 3.05) is 37.7 Å². The lowest BCUT2D eigenvalue weighted by Crippen LogP contribution is -2.48. The van der Waals surface area contributed by atoms with Gasteiger partial charge in [-0.2, -0.15) is 0 Å². The third-order valence-corrected chi connectivity index (χ3v) is 5.94. The maximum absolute atomic E-state index is 8.93. The summed E-state index contributed by atoms with van der Waals surface area (Å²) in [6.07, 6.45) is 5.60. The Balaban J connectivity index is 1.53. The number of para-hydroxylation sites is 1. The van der Waals surface area contributed by atoms with Crippen LogP contribution >= 0.6 is 0 Å². The van der Waals surface area contributed by atoms with Gasteiger partial charge in [0.1, 0.15) is 0 Å². The molecule has 1 fully saturated rings. The molecule has 1 N–H and O–H groups in total. The predicted octanol–water partition coefficient (Wildman–Crippen LogP) is 4.01. The Morgan fingerprint density at radius 2 is 1.62 bits per heavy atom.